The number of hydrogen-bond donors (Lipinski definition) is 0. The van der Waals surface area contributed by atoms with E-state index in [2.05, 4.69) is 57.6 Å². The second kappa shape index (κ2) is 4.31. The van der Waals surface area contributed by atoms with Crippen LogP contribution >= 0.6 is 0 Å². The van der Waals surface area contributed by atoms with Gasteiger partial charge in [0.15, 0.2) is 11.4 Å². The lowest BCUT2D eigenvalue weighted by Crippen LogP contribution is -2.37. The van der Waals surface area contributed by atoms with Gasteiger partial charge in [0.05, 0.1) is 6.04 Å². The fourth-order valence-electron chi connectivity index (χ4n) is 3.06. The average Bonchev–Trinajstić information content (AvgIpc) is 3.05. The lowest BCUT2D eigenvalue weighted by atomic mass is 10.1. The second-order valence-corrected chi connectivity index (χ2v) is 5.68. The molecule has 1 atom stereocenters. The van der Waals surface area contributed by atoms with E-state index in [-0.39, 0.29) is 6.04 Å². The summed E-state index contributed by atoms with van der Waals surface area (Å²) in [5.41, 5.74) is 4.11. The van der Waals surface area contributed by atoms with Crippen LogP contribution in [-0.4, -0.2) is 26.3 Å². The van der Waals surface area contributed by atoms with Crippen molar-refractivity contribution in [3.63, 3.8) is 0 Å². The molecule has 6 heteroatoms. The Morgan fingerprint density at radius 2 is 2.10 bits per heavy atom. The number of benzene rings is 1. The molecule has 0 radical (unpaired) electrons. The van der Waals surface area contributed by atoms with Crippen LogP contribution in [0.25, 0.3) is 11.1 Å². The molecule has 0 fully saturated rings. The van der Waals surface area contributed by atoms with Gasteiger partial charge >= 0.3 is 0 Å². The molecule has 0 saturated heterocycles. The first-order valence-corrected chi connectivity index (χ1v) is 7.15. The van der Waals surface area contributed by atoms with Crippen molar-refractivity contribution < 1.29 is 4.42 Å². The SMILES string of the molecule is Cc1cc(C)c2oc(N3CCn4cnnc4[C@@H]3C)nc2c1. The standard InChI is InChI=1S/C15H17N5O/c1-9-6-10(2)13-12(7-9)17-15(21-13)20-5-4-19-8-16-18-14(19)11(20)3/h6-8,11H,4-5H2,1-3H3/t11-/m0/s1. The van der Waals surface area contributed by atoms with Crippen LogP contribution < -0.4 is 4.90 Å². The molecule has 1 aliphatic rings. The monoisotopic (exact) mass is 283 g/mol. The van der Waals surface area contributed by atoms with Crippen molar-refractivity contribution in [2.75, 3.05) is 11.4 Å². The second-order valence-electron chi connectivity index (χ2n) is 5.68. The Bertz CT molecular complexity index is 819. The minimum absolute atomic E-state index is 0.107. The highest BCUT2D eigenvalue weighted by atomic mass is 16.4. The number of aryl methyl sites for hydroxylation is 2. The predicted molar refractivity (Wildman–Crippen MR) is 79.3 cm³/mol. The van der Waals surface area contributed by atoms with Crippen LogP contribution in [-0.2, 0) is 6.54 Å². The maximum atomic E-state index is 6.01. The van der Waals surface area contributed by atoms with E-state index in [1.165, 1.54) is 5.56 Å². The van der Waals surface area contributed by atoms with Crippen LogP contribution in [0.1, 0.15) is 29.9 Å². The largest absolute Gasteiger partial charge is 0.423 e. The lowest BCUT2D eigenvalue weighted by Gasteiger charge is -2.31. The number of rotatable bonds is 1. The molecule has 4 rings (SSSR count). The Morgan fingerprint density at radius 3 is 2.95 bits per heavy atom. The highest BCUT2D eigenvalue weighted by Gasteiger charge is 2.29. The first-order valence-electron chi connectivity index (χ1n) is 7.15. The summed E-state index contributed by atoms with van der Waals surface area (Å²) in [6, 6.07) is 4.95. The van der Waals surface area contributed by atoms with Gasteiger partial charge in [-0.1, -0.05) is 6.07 Å². The highest BCUT2D eigenvalue weighted by molar-refractivity contribution is 5.79. The number of anilines is 1. The molecule has 3 heterocycles. The van der Waals surface area contributed by atoms with E-state index in [9.17, 15) is 0 Å². The van der Waals surface area contributed by atoms with Crippen molar-refractivity contribution in [2.24, 2.45) is 0 Å². The normalized spacial score (nSPS) is 18.2. The van der Waals surface area contributed by atoms with Crippen LogP contribution in [0.2, 0.25) is 0 Å². The molecule has 0 saturated carbocycles. The highest BCUT2D eigenvalue weighted by Crippen LogP contribution is 2.32. The van der Waals surface area contributed by atoms with E-state index in [4.69, 9.17) is 4.42 Å². The van der Waals surface area contributed by atoms with Gasteiger partial charge in [-0.25, -0.2) is 0 Å². The number of hydrogen-bond acceptors (Lipinski definition) is 5. The number of oxazole rings is 1. The zero-order valence-corrected chi connectivity index (χ0v) is 12.4. The summed E-state index contributed by atoms with van der Waals surface area (Å²) >= 11 is 0. The maximum Gasteiger partial charge on any atom is 0.299 e. The molecule has 0 amide bonds. The van der Waals surface area contributed by atoms with E-state index < -0.39 is 0 Å². The molecule has 0 bridgehead atoms. The third-order valence-corrected chi connectivity index (χ3v) is 4.12. The number of aromatic nitrogens is 4. The van der Waals surface area contributed by atoms with Crippen molar-refractivity contribution in [1.82, 2.24) is 19.7 Å². The quantitative estimate of drug-likeness (QED) is 0.687. The summed E-state index contributed by atoms with van der Waals surface area (Å²) in [7, 11) is 0. The topological polar surface area (TPSA) is 60.0 Å². The molecule has 1 aliphatic heterocycles. The van der Waals surface area contributed by atoms with Crippen LogP contribution in [0.15, 0.2) is 22.9 Å². The summed E-state index contributed by atoms with van der Waals surface area (Å²) in [4.78, 5) is 6.82. The molecule has 21 heavy (non-hydrogen) atoms. The smallest absolute Gasteiger partial charge is 0.299 e. The summed E-state index contributed by atoms with van der Waals surface area (Å²) in [6.45, 7) is 7.93. The van der Waals surface area contributed by atoms with Crippen molar-refractivity contribution in [3.05, 3.63) is 35.4 Å². The summed E-state index contributed by atoms with van der Waals surface area (Å²) in [6.07, 6.45) is 1.78. The molecule has 108 valence electrons. The van der Waals surface area contributed by atoms with Crippen molar-refractivity contribution in [3.8, 4) is 0 Å². The molecule has 2 aromatic heterocycles. The Hall–Kier alpha value is -2.37. The molecule has 0 unspecified atom stereocenters. The maximum absolute atomic E-state index is 6.01. The predicted octanol–water partition coefficient (Wildman–Crippen LogP) is 2.62. The number of fused-ring (bicyclic) bond motifs is 2. The fourth-order valence-corrected chi connectivity index (χ4v) is 3.06. The third kappa shape index (κ3) is 1.82. The zero-order chi connectivity index (χ0) is 14.6. The number of nitrogens with zero attached hydrogens (tertiary/aromatic N) is 5. The Kier molecular flexibility index (Phi) is 2.54. The van der Waals surface area contributed by atoms with Crippen LogP contribution in [0, 0.1) is 13.8 Å². The first-order chi connectivity index (χ1) is 10.1. The van der Waals surface area contributed by atoms with Crippen molar-refractivity contribution in [2.45, 2.75) is 33.4 Å². The van der Waals surface area contributed by atoms with E-state index in [0.717, 1.165) is 35.6 Å². The first kappa shape index (κ1) is 12.4. The van der Waals surface area contributed by atoms with Crippen LogP contribution in [0.4, 0.5) is 6.01 Å². The van der Waals surface area contributed by atoms with Gasteiger partial charge in [0.2, 0.25) is 0 Å². The summed E-state index contributed by atoms with van der Waals surface area (Å²) in [5.74, 6) is 0.955. The van der Waals surface area contributed by atoms with Gasteiger partial charge in [-0.2, -0.15) is 4.98 Å². The fraction of sp³-hybridized carbons (Fsp3) is 0.400. The van der Waals surface area contributed by atoms with Crippen LogP contribution in [0.5, 0.6) is 0 Å². The Balaban J connectivity index is 1.79. The molecule has 1 aromatic carbocycles. The molecular weight excluding hydrogens is 266 g/mol. The van der Waals surface area contributed by atoms with Gasteiger partial charge in [-0.15, -0.1) is 10.2 Å². The third-order valence-electron chi connectivity index (χ3n) is 4.12. The Labute approximate surface area is 122 Å². The van der Waals surface area contributed by atoms with Crippen molar-refractivity contribution >= 4 is 17.1 Å². The lowest BCUT2D eigenvalue weighted by molar-refractivity contribution is 0.452. The zero-order valence-electron chi connectivity index (χ0n) is 12.4. The molecule has 0 spiro atoms. The summed E-state index contributed by atoms with van der Waals surface area (Å²) < 4.78 is 8.10. The van der Waals surface area contributed by atoms with Gasteiger partial charge in [0.1, 0.15) is 11.8 Å². The van der Waals surface area contributed by atoms with E-state index >= 15 is 0 Å². The van der Waals surface area contributed by atoms with E-state index in [1.54, 1.807) is 6.33 Å². The minimum atomic E-state index is 0.107. The van der Waals surface area contributed by atoms with Gasteiger partial charge < -0.3 is 13.9 Å². The Morgan fingerprint density at radius 1 is 1.24 bits per heavy atom. The van der Waals surface area contributed by atoms with E-state index in [1.807, 2.05) is 0 Å². The average molecular weight is 283 g/mol. The summed E-state index contributed by atoms with van der Waals surface area (Å²) in [5, 5.41) is 8.19. The van der Waals surface area contributed by atoms with Gasteiger partial charge in [-0.3, -0.25) is 0 Å². The van der Waals surface area contributed by atoms with Crippen LogP contribution in [0.3, 0.4) is 0 Å². The van der Waals surface area contributed by atoms with E-state index in [0.29, 0.717) is 6.01 Å². The van der Waals surface area contributed by atoms with Gasteiger partial charge in [0.25, 0.3) is 6.01 Å². The molecule has 6 nitrogen and oxygen atoms in total. The van der Waals surface area contributed by atoms with Gasteiger partial charge in [-0.05, 0) is 38.0 Å². The minimum Gasteiger partial charge on any atom is -0.423 e. The molecule has 3 aromatic rings. The molecule has 0 N–H and O–H groups in total. The molecular formula is C15H17N5O. The van der Waals surface area contributed by atoms with Crippen molar-refractivity contribution in [1.29, 1.82) is 0 Å². The van der Waals surface area contributed by atoms with Gasteiger partial charge in [0, 0.05) is 13.1 Å². The molecule has 0 aliphatic carbocycles.